The number of nitrogen functional groups attached to an aromatic ring is 1. The number of rotatable bonds is 5. The molecule has 132 valence electrons. The number of aromatic nitrogens is 2. The molecule has 2 N–H and O–H groups in total. The van der Waals surface area contributed by atoms with Crippen LogP contribution in [-0.4, -0.2) is 21.9 Å². The Morgan fingerprint density at radius 1 is 1.28 bits per heavy atom. The van der Waals surface area contributed by atoms with Crippen molar-refractivity contribution in [1.82, 2.24) is 9.97 Å². The minimum atomic E-state index is -4.52. The molecule has 1 fully saturated rings. The third-order valence-corrected chi connectivity index (χ3v) is 4.69. The first-order chi connectivity index (χ1) is 11.9. The Hall–Kier alpha value is -2.09. The van der Waals surface area contributed by atoms with Crippen LogP contribution in [0.25, 0.3) is 0 Å². The molecule has 0 unspecified atom stereocenters. The molecular formula is C17H17F3N4S. The van der Waals surface area contributed by atoms with Gasteiger partial charge in [0.15, 0.2) is 5.82 Å². The van der Waals surface area contributed by atoms with Crippen LogP contribution in [0, 0.1) is 0 Å². The van der Waals surface area contributed by atoms with Gasteiger partial charge in [-0.05, 0) is 42.2 Å². The highest BCUT2D eigenvalue weighted by atomic mass is 32.2. The molecule has 0 saturated heterocycles. The molecule has 1 saturated carbocycles. The average molecular weight is 366 g/mol. The van der Waals surface area contributed by atoms with Crippen LogP contribution in [-0.2, 0) is 6.18 Å². The van der Waals surface area contributed by atoms with E-state index in [1.165, 1.54) is 24.6 Å². The Bertz CT molecular complexity index is 801. The molecule has 0 radical (unpaired) electrons. The van der Waals surface area contributed by atoms with Crippen LogP contribution in [0.4, 0.5) is 24.7 Å². The molecule has 0 amide bonds. The van der Waals surface area contributed by atoms with Crippen molar-refractivity contribution in [3.63, 3.8) is 0 Å². The summed E-state index contributed by atoms with van der Waals surface area (Å²) >= 11 is 1.63. The zero-order valence-electron chi connectivity index (χ0n) is 13.5. The molecule has 3 rings (SSSR count). The summed E-state index contributed by atoms with van der Waals surface area (Å²) in [5.41, 5.74) is 6.19. The topological polar surface area (TPSA) is 64.2 Å². The Morgan fingerprint density at radius 3 is 2.64 bits per heavy atom. The summed E-state index contributed by atoms with van der Waals surface area (Å²) in [6.07, 6.45) is 2.16. The van der Waals surface area contributed by atoms with Crippen LogP contribution < -0.4 is 5.73 Å². The quantitative estimate of drug-likeness (QED) is 0.609. The second-order valence-corrected chi connectivity index (χ2v) is 7.06. The van der Waals surface area contributed by atoms with Crippen molar-refractivity contribution in [2.45, 2.75) is 36.8 Å². The first-order valence-electron chi connectivity index (χ1n) is 7.88. The predicted octanol–water partition coefficient (Wildman–Crippen LogP) is 4.82. The van der Waals surface area contributed by atoms with Gasteiger partial charge in [-0.25, -0.2) is 9.98 Å². The van der Waals surface area contributed by atoms with E-state index in [1.807, 2.05) is 13.1 Å². The van der Waals surface area contributed by atoms with E-state index >= 15 is 0 Å². The lowest BCUT2D eigenvalue weighted by molar-refractivity contribution is -0.141. The smallest absolute Gasteiger partial charge is 0.398 e. The Morgan fingerprint density at radius 2 is 2.04 bits per heavy atom. The Kier molecular flexibility index (Phi) is 4.99. The molecule has 1 aliphatic carbocycles. The third-order valence-electron chi connectivity index (χ3n) is 3.79. The van der Waals surface area contributed by atoms with Gasteiger partial charge in [0.1, 0.15) is 5.69 Å². The van der Waals surface area contributed by atoms with E-state index in [-0.39, 0.29) is 5.69 Å². The second-order valence-electron chi connectivity index (χ2n) is 5.75. The largest absolute Gasteiger partial charge is 0.433 e. The van der Waals surface area contributed by atoms with E-state index in [1.54, 1.807) is 11.8 Å². The number of nitrogens with zero attached hydrogens (tertiary/aromatic N) is 3. The summed E-state index contributed by atoms with van der Waals surface area (Å²) in [6.45, 7) is 2.04. The minimum Gasteiger partial charge on any atom is -0.398 e. The Balaban J connectivity index is 1.86. The molecule has 0 aromatic carbocycles. The highest BCUT2D eigenvalue weighted by molar-refractivity contribution is 7.99. The lowest BCUT2D eigenvalue weighted by Crippen LogP contribution is -2.09. The van der Waals surface area contributed by atoms with Gasteiger partial charge in [-0.1, -0.05) is 6.92 Å². The first-order valence-corrected chi connectivity index (χ1v) is 8.86. The monoisotopic (exact) mass is 366 g/mol. The zero-order valence-corrected chi connectivity index (χ0v) is 14.4. The summed E-state index contributed by atoms with van der Waals surface area (Å²) in [5.74, 6) is 2.01. The van der Waals surface area contributed by atoms with Crippen molar-refractivity contribution in [2.75, 3.05) is 11.5 Å². The molecular weight excluding hydrogens is 349 g/mol. The third kappa shape index (κ3) is 4.31. The highest BCUT2D eigenvalue weighted by Gasteiger charge is 2.32. The second kappa shape index (κ2) is 7.03. The normalized spacial score (nSPS) is 15.0. The summed E-state index contributed by atoms with van der Waals surface area (Å²) in [4.78, 5) is 13.1. The molecule has 1 aliphatic rings. The van der Waals surface area contributed by atoms with E-state index in [9.17, 15) is 13.2 Å². The van der Waals surface area contributed by atoms with Crippen molar-refractivity contribution in [2.24, 2.45) is 4.99 Å². The van der Waals surface area contributed by atoms with Crippen molar-refractivity contribution in [3.05, 3.63) is 41.3 Å². The van der Waals surface area contributed by atoms with Gasteiger partial charge >= 0.3 is 6.18 Å². The van der Waals surface area contributed by atoms with Gasteiger partial charge in [-0.2, -0.15) is 13.2 Å². The van der Waals surface area contributed by atoms with Crippen molar-refractivity contribution in [3.8, 4) is 0 Å². The summed E-state index contributed by atoms with van der Waals surface area (Å²) < 4.78 is 37.9. The fourth-order valence-corrected chi connectivity index (χ4v) is 3.09. The SMILES string of the molecule is CCSc1cc(C2CC2)cnc1N=Cc1cnc(C(F)(F)F)cc1N. The fourth-order valence-electron chi connectivity index (χ4n) is 2.33. The van der Waals surface area contributed by atoms with Crippen LogP contribution in [0.5, 0.6) is 0 Å². The maximum absolute atomic E-state index is 12.6. The van der Waals surface area contributed by atoms with Gasteiger partial charge in [0, 0.05) is 29.9 Å². The van der Waals surface area contributed by atoms with Crippen LogP contribution in [0.15, 0.2) is 34.4 Å². The lowest BCUT2D eigenvalue weighted by atomic mass is 10.2. The summed E-state index contributed by atoms with van der Waals surface area (Å²) in [6, 6.07) is 2.91. The number of anilines is 1. The number of pyridine rings is 2. The molecule has 2 heterocycles. The van der Waals surface area contributed by atoms with Crippen LogP contribution in [0.3, 0.4) is 0 Å². The minimum absolute atomic E-state index is 0.0228. The van der Waals surface area contributed by atoms with Gasteiger partial charge in [0.25, 0.3) is 0 Å². The van der Waals surface area contributed by atoms with E-state index < -0.39 is 11.9 Å². The first kappa shape index (κ1) is 17.7. The zero-order chi connectivity index (χ0) is 18.0. The molecule has 2 aromatic heterocycles. The molecule has 4 nitrogen and oxygen atoms in total. The van der Waals surface area contributed by atoms with Crippen molar-refractivity contribution >= 4 is 29.5 Å². The van der Waals surface area contributed by atoms with E-state index in [0.717, 1.165) is 22.9 Å². The molecule has 0 atom stereocenters. The molecule has 0 bridgehead atoms. The van der Waals surface area contributed by atoms with Gasteiger partial charge in [-0.15, -0.1) is 11.8 Å². The van der Waals surface area contributed by atoms with Crippen LogP contribution in [0.1, 0.15) is 42.5 Å². The number of thioether (sulfide) groups is 1. The van der Waals surface area contributed by atoms with Crippen molar-refractivity contribution in [1.29, 1.82) is 0 Å². The number of alkyl halides is 3. The van der Waals surface area contributed by atoms with Gasteiger partial charge < -0.3 is 5.73 Å². The number of aliphatic imine (C=N–C) groups is 1. The molecule has 25 heavy (non-hydrogen) atoms. The maximum atomic E-state index is 12.6. The highest BCUT2D eigenvalue weighted by Crippen LogP contribution is 2.42. The van der Waals surface area contributed by atoms with Gasteiger partial charge in [0.2, 0.25) is 0 Å². The molecule has 8 heteroatoms. The van der Waals surface area contributed by atoms with Gasteiger partial charge in [0.05, 0.1) is 4.90 Å². The number of hydrogen-bond acceptors (Lipinski definition) is 5. The molecule has 0 spiro atoms. The summed E-state index contributed by atoms with van der Waals surface area (Å²) in [7, 11) is 0. The lowest BCUT2D eigenvalue weighted by Gasteiger charge is -2.08. The Labute approximate surface area is 147 Å². The standard InChI is InChI=1S/C17H17F3N4S/c1-2-25-14-5-11(10-3-4-10)7-23-16(14)24-9-12-8-22-15(6-13(12)21)17(18,19)20/h5-10H,2-4H2,1H3,(H2,21,22). The average Bonchev–Trinajstić information content (AvgIpc) is 3.39. The molecule has 2 aromatic rings. The van der Waals surface area contributed by atoms with E-state index in [0.29, 0.717) is 17.3 Å². The summed E-state index contributed by atoms with van der Waals surface area (Å²) in [5, 5.41) is 0. The van der Waals surface area contributed by atoms with Crippen molar-refractivity contribution < 1.29 is 13.2 Å². The molecule has 0 aliphatic heterocycles. The number of hydrogen-bond donors (Lipinski definition) is 1. The van der Waals surface area contributed by atoms with Gasteiger partial charge in [-0.3, -0.25) is 4.98 Å². The van der Waals surface area contributed by atoms with Crippen LogP contribution >= 0.6 is 11.8 Å². The van der Waals surface area contributed by atoms with Crippen LogP contribution in [0.2, 0.25) is 0 Å². The van der Waals surface area contributed by atoms with E-state index in [4.69, 9.17) is 5.73 Å². The predicted molar refractivity (Wildman–Crippen MR) is 93.5 cm³/mol. The van der Waals surface area contributed by atoms with E-state index in [2.05, 4.69) is 21.0 Å². The number of nitrogens with two attached hydrogens (primary N) is 1. The fraction of sp³-hybridized carbons (Fsp3) is 0.353. The maximum Gasteiger partial charge on any atom is 0.433 e. The number of halogens is 3.